The van der Waals surface area contributed by atoms with E-state index in [1.54, 1.807) is 29.9 Å². The van der Waals surface area contributed by atoms with Crippen molar-refractivity contribution in [2.75, 3.05) is 16.8 Å². The number of nitrogens with zero attached hydrogens (tertiary/aromatic N) is 4. The molecule has 1 aromatic carbocycles. The molecule has 1 amide bonds. The normalized spacial score (nSPS) is 10.5. The first-order valence-corrected chi connectivity index (χ1v) is 7.12. The molecule has 0 saturated carbocycles. The van der Waals surface area contributed by atoms with E-state index in [9.17, 15) is 4.79 Å². The number of thioether (sulfide) groups is 1. The van der Waals surface area contributed by atoms with Crippen LogP contribution in [0.1, 0.15) is 6.42 Å². The second-order valence-electron chi connectivity index (χ2n) is 3.97. The van der Waals surface area contributed by atoms with Crippen molar-refractivity contribution in [3.05, 3.63) is 23.2 Å². The number of benzene rings is 1. The van der Waals surface area contributed by atoms with Gasteiger partial charge in [0, 0.05) is 24.9 Å². The molecule has 0 aliphatic heterocycles. The maximum absolute atomic E-state index is 11.8. The van der Waals surface area contributed by atoms with Gasteiger partial charge >= 0.3 is 0 Å². The summed E-state index contributed by atoms with van der Waals surface area (Å²) in [5, 5.41) is 14.9. The van der Waals surface area contributed by atoms with Crippen molar-refractivity contribution < 1.29 is 4.79 Å². The van der Waals surface area contributed by atoms with Crippen molar-refractivity contribution in [3.8, 4) is 0 Å². The molecule has 0 bridgehead atoms. The lowest BCUT2D eigenvalue weighted by Crippen LogP contribution is -2.12. The lowest BCUT2D eigenvalue weighted by Gasteiger charge is -2.07. The standard InChI is InChI=1S/C11H13ClN6OS/c1-18-11(15-16-17-18)20-5-4-10(19)14-9-3-2-7(13)6-8(9)12/h2-3,6H,4-5,13H2,1H3,(H,14,19). The fourth-order valence-electron chi connectivity index (χ4n) is 1.42. The van der Waals surface area contributed by atoms with Crippen LogP contribution in [0.15, 0.2) is 23.4 Å². The van der Waals surface area contributed by atoms with Crippen molar-refractivity contribution in [2.24, 2.45) is 7.05 Å². The minimum absolute atomic E-state index is 0.126. The third-order valence-corrected chi connectivity index (χ3v) is 3.73. The van der Waals surface area contributed by atoms with Crippen LogP contribution in [0.4, 0.5) is 11.4 Å². The van der Waals surface area contributed by atoms with Crippen molar-refractivity contribution in [1.29, 1.82) is 0 Å². The Morgan fingerprint density at radius 1 is 1.55 bits per heavy atom. The number of amides is 1. The highest BCUT2D eigenvalue weighted by molar-refractivity contribution is 7.99. The Hall–Kier alpha value is -1.80. The molecular formula is C11H13ClN6OS. The number of carbonyl (C=O) groups excluding carboxylic acids is 1. The Morgan fingerprint density at radius 2 is 2.35 bits per heavy atom. The first-order valence-electron chi connectivity index (χ1n) is 5.76. The molecule has 1 aromatic heterocycles. The van der Waals surface area contributed by atoms with Crippen molar-refractivity contribution >= 4 is 40.6 Å². The fourth-order valence-corrected chi connectivity index (χ4v) is 2.45. The van der Waals surface area contributed by atoms with E-state index < -0.39 is 0 Å². The number of nitrogens with two attached hydrogens (primary N) is 1. The van der Waals surface area contributed by atoms with Gasteiger partial charge in [0.2, 0.25) is 11.1 Å². The molecule has 2 aromatic rings. The van der Waals surface area contributed by atoms with Gasteiger partial charge < -0.3 is 11.1 Å². The number of anilines is 2. The SMILES string of the molecule is Cn1nnnc1SCCC(=O)Nc1ccc(N)cc1Cl. The van der Waals surface area contributed by atoms with E-state index in [2.05, 4.69) is 20.8 Å². The Labute approximate surface area is 124 Å². The minimum Gasteiger partial charge on any atom is -0.399 e. The van der Waals surface area contributed by atoms with Gasteiger partial charge in [-0.1, -0.05) is 23.4 Å². The molecule has 0 aliphatic rings. The monoisotopic (exact) mass is 312 g/mol. The highest BCUT2D eigenvalue weighted by Crippen LogP contribution is 2.24. The van der Waals surface area contributed by atoms with Crippen LogP contribution in [-0.4, -0.2) is 31.9 Å². The molecule has 0 spiro atoms. The summed E-state index contributed by atoms with van der Waals surface area (Å²) in [5.74, 6) is 0.450. The van der Waals surface area contributed by atoms with Crippen LogP contribution < -0.4 is 11.1 Å². The van der Waals surface area contributed by atoms with Gasteiger partial charge in [-0.25, -0.2) is 4.68 Å². The summed E-state index contributed by atoms with van der Waals surface area (Å²) in [7, 11) is 1.75. The highest BCUT2D eigenvalue weighted by atomic mass is 35.5. The fraction of sp³-hybridized carbons (Fsp3) is 0.273. The number of aryl methyl sites for hydroxylation is 1. The molecule has 7 nitrogen and oxygen atoms in total. The molecule has 9 heteroatoms. The number of tetrazole rings is 1. The third kappa shape index (κ3) is 3.84. The molecule has 0 radical (unpaired) electrons. The zero-order valence-electron chi connectivity index (χ0n) is 10.7. The summed E-state index contributed by atoms with van der Waals surface area (Å²) >= 11 is 7.39. The number of aromatic nitrogens is 4. The molecular weight excluding hydrogens is 300 g/mol. The number of nitrogens with one attached hydrogen (secondary N) is 1. The summed E-state index contributed by atoms with van der Waals surface area (Å²) in [6, 6.07) is 4.95. The molecule has 2 rings (SSSR count). The largest absolute Gasteiger partial charge is 0.399 e. The quantitative estimate of drug-likeness (QED) is 0.642. The smallest absolute Gasteiger partial charge is 0.225 e. The molecule has 0 atom stereocenters. The van der Waals surface area contributed by atoms with E-state index in [1.807, 2.05) is 0 Å². The molecule has 0 unspecified atom stereocenters. The Bertz CT molecular complexity index is 617. The second kappa shape index (κ2) is 6.58. The van der Waals surface area contributed by atoms with E-state index in [0.29, 0.717) is 33.7 Å². The van der Waals surface area contributed by atoms with Gasteiger partial charge in [-0.3, -0.25) is 4.79 Å². The lowest BCUT2D eigenvalue weighted by molar-refractivity contribution is -0.115. The highest BCUT2D eigenvalue weighted by Gasteiger charge is 2.08. The van der Waals surface area contributed by atoms with Crippen LogP contribution >= 0.6 is 23.4 Å². The predicted octanol–water partition coefficient (Wildman–Crippen LogP) is 1.57. The van der Waals surface area contributed by atoms with Gasteiger partial charge in [-0.15, -0.1) is 5.10 Å². The summed E-state index contributed by atoms with van der Waals surface area (Å²) in [5.41, 5.74) is 6.69. The Morgan fingerprint density at radius 3 is 3.00 bits per heavy atom. The van der Waals surface area contributed by atoms with Crippen LogP contribution in [0.5, 0.6) is 0 Å². The average molecular weight is 313 g/mol. The number of hydrogen-bond acceptors (Lipinski definition) is 6. The van der Waals surface area contributed by atoms with Gasteiger partial charge in [-0.2, -0.15) is 0 Å². The zero-order valence-corrected chi connectivity index (χ0v) is 12.3. The van der Waals surface area contributed by atoms with Crippen LogP contribution in [0, 0.1) is 0 Å². The molecule has 1 heterocycles. The number of halogens is 1. The molecule has 20 heavy (non-hydrogen) atoms. The summed E-state index contributed by atoms with van der Waals surface area (Å²) in [6.07, 6.45) is 0.332. The molecule has 0 aliphatic carbocycles. The van der Waals surface area contributed by atoms with Gasteiger partial charge in [0.15, 0.2) is 0 Å². The van der Waals surface area contributed by atoms with Crippen molar-refractivity contribution in [2.45, 2.75) is 11.6 Å². The number of rotatable bonds is 5. The van der Waals surface area contributed by atoms with E-state index >= 15 is 0 Å². The van der Waals surface area contributed by atoms with Gasteiger partial charge in [0.25, 0.3) is 0 Å². The number of hydrogen-bond donors (Lipinski definition) is 2. The molecule has 0 saturated heterocycles. The van der Waals surface area contributed by atoms with Crippen LogP contribution in [0.25, 0.3) is 0 Å². The first kappa shape index (κ1) is 14.6. The Balaban J connectivity index is 1.82. The third-order valence-electron chi connectivity index (χ3n) is 2.41. The molecule has 3 N–H and O–H groups in total. The van der Waals surface area contributed by atoms with E-state index in [0.717, 1.165) is 0 Å². The lowest BCUT2D eigenvalue weighted by atomic mass is 10.3. The summed E-state index contributed by atoms with van der Waals surface area (Å²) in [6.45, 7) is 0. The van der Waals surface area contributed by atoms with Gasteiger partial charge in [-0.05, 0) is 28.6 Å². The van der Waals surface area contributed by atoms with Crippen LogP contribution in [0.2, 0.25) is 5.02 Å². The summed E-state index contributed by atoms with van der Waals surface area (Å²) < 4.78 is 1.55. The van der Waals surface area contributed by atoms with Crippen LogP contribution in [-0.2, 0) is 11.8 Å². The zero-order chi connectivity index (χ0) is 14.5. The summed E-state index contributed by atoms with van der Waals surface area (Å²) in [4.78, 5) is 11.8. The predicted molar refractivity (Wildman–Crippen MR) is 78.6 cm³/mol. The molecule has 106 valence electrons. The topological polar surface area (TPSA) is 98.7 Å². The van der Waals surface area contributed by atoms with E-state index in [-0.39, 0.29) is 5.91 Å². The Kier molecular flexibility index (Phi) is 4.80. The first-order chi connectivity index (χ1) is 9.56. The molecule has 0 fully saturated rings. The van der Waals surface area contributed by atoms with Crippen molar-refractivity contribution in [3.63, 3.8) is 0 Å². The van der Waals surface area contributed by atoms with Gasteiger partial charge in [0.05, 0.1) is 10.7 Å². The number of carbonyl (C=O) groups is 1. The second-order valence-corrected chi connectivity index (χ2v) is 5.44. The van der Waals surface area contributed by atoms with E-state index in [1.165, 1.54) is 11.8 Å². The maximum Gasteiger partial charge on any atom is 0.225 e. The van der Waals surface area contributed by atoms with E-state index in [4.69, 9.17) is 17.3 Å². The number of nitrogen functional groups attached to an aromatic ring is 1. The van der Waals surface area contributed by atoms with Crippen molar-refractivity contribution in [1.82, 2.24) is 20.2 Å². The maximum atomic E-state index is 11.8. The average Bonchev–Trinajstić information content (AvgIpc) is 2.79. The van der Waals surface area contributed by atoms with Crippen LogP contribution in [0.3, 0.4) is 0 Å². The minimum atomic E-state index is -0.126. The van der Waals surface area contributed by atoms with Gasteiger partial charge in [0.1, 0.15) is 0 Å².